The van der Waals surface area contributed by atoms with E-state index in [0.29, 0.717) is 23.7 Å². The number of halogens is 1. The van der Waals surface area contributed by atoms with Crippen LogP contribution in [0.25, 0.3) is 0 Å². The Bertz CT molecular complexity index is 539. The van der Waals surface area contributed by atoms with E-state index in [1.165, 1.54) is 18.2 Å². The minimum atomic E-state index is -0.273. The molecule has 6 heteroatoms. The van der Waals surface area contributed by atoms with Crippen LogP contribution in [-0.4, -0.2) is 31.0 Å². The highest BCUT2D eigenvalue weighted by Gasteiger charge is 2.39. The zero-order valence-corrected chi connectivity index (χ0v) is 13.7. The van der Waals surface area contributed by atoms with Crippen molar-refractivity contribution in [2.24, 2.45) is 5.41 Å². The lowest BCUT2D eigenvalue weighted by atomic mass is 9.79. The number of methoxy groups -OCH3 is 1. The molecule has 0 aliphatic heterocycles. The fourth-order valence-corrected chi connectivity index (χ4v) is 3.16. The first-order valence-electron chi connectivity index (χ1n) is 7.41. The predicted molar refractivity (Wildman–Crippen MR) is 84.8 cm³/mol. The summed E-state index contributed by atoms with van der Waals surface area (Å²) < 4.78 is 4.79. The van der Waals surface area contributed by atoms with Crippen molar-refractivity contribution in [3.05, 3.63) is 23.4 Å². The minimum Gasteiger partial charge on any atom is -0.469 e. The first-order valence-corrected chi connectivity index (χ1v) is 7.78. The van der Waals surface area contributed by atoms with E-state index in [9.17, 15) is 9.59 Å². The molecule has 1 aliphatic carbocycles. The van der Waals surface area contributed by atoms with Crippen molar-refractivity contribution < 1.29 is 14.3 Å². The van der Waals surface area contributed by atoms with Crippen LogP contribution >= 0.6 is 11.6 Å². The van der Waals surface area contributed by atoms with Crippen LogP contribution in [0.4, 0.5) is 5.82 Å². The SMILES string of the molecule is COC(=O)CC1(CC(=O)N(C)c2ccc(Cl)cn2)CCCC1. The van der Waals surface area contributed by atoms with Gasteiger partial charge in [0, 0.05) is 19.7 Å². The Morgan fingerprint density at radius 3 is 2.55 bits per heavy atom. The van der Waals surface area contributed by atoms with Gasteiger partial charge in [-0.25, -0.2) is 4.98 Å². The molecule has 0 saturated heterocycles. The summed E-state index contributed by atoms with van der Waals surface area (Å²) in [6, 6.07) is 3.41. The van der Waals surface area contributed by atoms with Gasteiger partial charge in [0.1, 0.15) is 5.82 Å². The van der Waals surface area contributed by atoms with Crippen molar-refractivity contribution in [2.75, 3.05) is 19.1 Å². The van der Waals surface area contributed by atoms with E-state index in [2.05, 4.69) is 4.98 Å². The Morgan fingerprint density at radius 2 is 2.00 bits per heavy atom. The molecule has 0 radical (unpaired) electrons. The Labute approximate surface area is 135 Å². The van der Waals surface area contributed by atoms with Crippen LogP contribution in [0.3, 0.4) is 0 Å². The molecule has 0 unspecified atom stereocenters. The van der Waals surface area contributed by atoms with Gasteiger partial charge in [-0.15, -0.1) is 0 Å². The molecule has 1 fully saturated rings. The van der Waals surface area contributed by atoms with Gasteiger partial charge in [-0.3, -0.25) is 14.5 Å². The van der Waals surface area contributed by atoms with Crippen molar-refractivity contribution in [1.82, 2.24) is 4.98 Å². The van der Waals surface area contributed by atoms with E-state index < -0.39 is 0 Å². The fourth-order valence-electron chi connectivity index (χ4n) is 3.05. The molecular formula is C16H21ClN2O3. The van der Waals surface area contributed by atoms with Crippen molar-refractivity contribution in [3.8, 4) is 0 Å². The molecule has 5 nitrogen and oxygen atoms in total. The lowest BCUT2D eigenvalue weighted by Gasteiger charge is -2.29. The van der Waals surface area contributed by atoms with Crippen LogP contribution in [0, 0.1) is 5.41 Å². The molecule has 0 aromatic carbocycles. The zero-order valence-electron chi connectivity index (χ0n) is 13.0. The molecule has 2 rings (SSSR count). The molecule has 1 saturated carbocycles. The molecular weight excluding hydrogens is 304 g/mol. The van der Waals surface area contributed by atoms with Crippen molar-refractivity contribution in [3.63, 3.8) is 0 Å². The summed E-state index contributed by atoms with van der Waals surface area (Å²) in [5.74, 6) is 0.267. The number of ether oxygens (including phenoxy) is 1. The molecule has 22 heavy (non-hydrogen) atoms. The second-order valence-electron chi connectivity index (χ2n) is 5.92. The first-order chi connectivity index (χ1) is 10.5. The third-order valence-corrected chi connectivity index (χ3v) is 4.59. The number of hydrogen-bond acceptors (Lipinski definition) is 4. The molecule has 0 spiro atoms. The van der Waals surface area contributed by atoms with Gasteiger partial charge in [-0.05, 0) is 30.4 Å². The lowest BCUT2D eigenvalue weighted by Crippen LogP contribution is -2.34. The number of carbonyl (C=O) groups is 2. The monoisotopic (exact) mass is 324 g/mol. The lowest BCUT2D eigenvalue weighted by molar-refractivity contribution is -0.143. The van der Waals surface area contributed by atoms with Gasteiger partial charge in [-0.1, -0.05) is 24.4 Å². The Balaban J connectivity index is 2.07. The molecule has 1 heterocycles. The smallest absolute Gasteiger partial charge is 0.306 e. The number of nitrogens with zero attached hydrogens (tertiary/aromatic N) is 2. The molecule has 0 atom stereocenters. The highest BCUT2D eigenvalue weighted by Crippen LogP contribution is 2.44. The van der Waals surface area contributed by atoms with E-state index in [1.54, 1.807) is 19.2 Å². The summed E-state index contributed by atoms with van der Waals surface area (Å²) in [5.41, 5.74) is -0.273. The second-order valence-corrected chi connectivity index (χ2v) is 6.36. The third kappa shape index (κ3) is 3.97. The molecule has 1 aromatic heterocycles. The van der Waals surface area contributed by atoms with Crippen LogP contribution in [0.15, 0.2) is 18.3 Å². The van der Waals surface area contributed by atoms with Crippen molar-refractivity contribution in [2.45, 2.75) is 38.5 Å². The summed E-state index contributed by atoms with van der Waals surface area (Å²) in [6.07, 6.45) is 6.02. The summed E-state index contributed by atoms with van der Waals surface area (Å²) in [4.78, 5) is 29.9. The zero-order chi connectivity index (χ0) is 16.2. The van der Waals surface area contributed by atoms with E-state index in [0.717, 1.165) is 25.7 Å². The fraction of sp³-hybridized carbons (Fsp3) is 0.562. The summed E-state index contributed by atoms with van der Waals surface area (Å²) in [6.45, 7) is 0. The summed E-state index contributed by atoms with van der Waals surface area (Å²) in [7, 11) is 3.08. The van der Waals surface area contributed by atoms with Crippen molar-refractivity contribution >= 4 is 29.3 Å². The number of aromatic nitrogens is 1. The molecule has 1 aliphatic rings. The maximum absolute atomic E-state index is 12.6. The number of hydrogen-bond donors (Lipinski definition) is 0. The highest BCUT2D eigenvalue weighted by molar-refractivity contribution is 6.30. The predicted octanol–water partition coefficient (Wildman–Crippen LogP) is 3.21. The van der Waals surface area contributed by atoms with Gasteiger partial charge >= 0.3 is 5.97 Å². The number of carbonyl (C=O) groups excluding carboxylic acids is 2. The highest BCUT2D eigenvalue weighted by atomic mass is 35.5. The van der Waals surface area contributed by atoms with Crippen LogP contribution in [0.1, 0.15) is 38.5 Å². The van der Waals surface area contributed by atoms with Gasteiger partial charge in [0.15, 0.2) is 0 Å². The maximum Gasteiger partial charge on any atom is 0.306 e. The standard InChI is InChI=1S/C16H21ClN2O3/c1-19(13-6-5-12(17)11-18-13)14(20)9-16(7-3-4-8-16)10-15(21)22-2/h5-6,11H,3-4,7-10H2,1-2H3. The number of esters is 1. The normalized spacial score (nSPS) is 16.3. The molecule has 0 bridgehead atoms. The largest absolute Gasteiger partial charge is 0.469 e. The molecule has 1 aromatic rings. The minimum absolute atomic E-state index is 0.0411. The van der Waals surface area contributed by atoms with Crippen LogP contribution in [0.2, 0.25) is 5.02 Å². The molecule has 1 amide bonds. The Kier molecular flexibility index (Phi) is 5.40. The topological polar surface area (TPSA) is 59.5 Å². The summed E-state index contributed by atoms with van der Waals surface area (Å²) >= 11 is 5.81. The van der Waals surface area contributed by atoms with Gasteiger partial charge in [0.05, 0.1) is 18.6 Å². The van der Waals surface area contributed by atoms with Gasteiger partial charge in [0.25, 0.3) is 0 Å². The van der Waals surface area contributed by atoms with E-state index in [1.807, 2.05) is 0 Å². The number of amides is 1. The number of pyridine rings is 1. The summed E-state index contributed by atoms with van der Waals surface area (Å²) in [5, 5.41) is 0.530. The van der Waals surface area contributed by atoms with Crippen LogP contribution < -0.4 is 4.90 Å². The quantitative estimate of drug-likeness (QED) is 0.780. The Morgan fingerprint density at radius 1 is 1.32 bits per heavy atom. The number of rotatable bonds is 5. The van der Waals surface area contributed by atoms with E-state index in [-0.39, 0.29) is 17.3 Å². The molecule has 0 N–H and O–H groups in total. The molecule has 120 valence electrons. The number of anilines is 1. The van der Waals surface area contributed by atoms with Gasteiger partial charge in [0.2, 0.25) is 5.91 Å². The van der Waals surface area contributed by atoms with Gasteiger partial charge in [-0.2, -0.15) is 0 Å². The van der Waals surface area contributed by atoms with Gasteiger partial charge < -0.3 is 4.74 Å². The van der Waals surface area contributed by atoms with Crippen LogP contribution in [-0.2, 0) is 14.3 Å². The Hall–Kier alpha value is -1.62. The van der Waals surface area contributed by atoms with E-state index in [4.69, 9.17) is 16.3 Å². The second kappa shape index (κ2) is 7.09. The first kappa shape index (κ1) is 16.7. The average Bonchev–Trinajstić information content (AvgIpc) is 2.95. The van der Waals surface area contributed by atoms with Crippen molar-refractivity contribution in [1.29, 1.82) is 0 Å². The average molecular weight is 325 g/mol. The maximum atomic E-state index is 12.6. The van der Waals surface area contributed by atoms with Crippen LogP contribution in [0.5, 0.6) is 0 Å². The van der Waals surface area contributed by atoms with E-state index >= 15 is 0 Å². The third-order valence-electron chi connectivity index (χ3n) is 4.37.